The Bertz CT molecular complexity index is 2300. The molecule has 0 aliphatic heterocycles. The summed E-state index contributed by atoms with van der Waals surface area (Å²) in [4.78, 5) is 13.9. The first-order valence-electron chi connectivity index (χ1n) is 15.9. The predicted octanol–water partition coefficient (Wildman–Crippen LogP) is 11.7. The van der Waals surface area contributed by atoms with E-state index in [2.05, 4.69) is 134 Å². The molecular formula is C44H31N3. The second-order valence-corrected chi connectivity index (χ2v) is 12.5. The molecule has 0 spiro atoms. The third-order valence-electron chi connectivity index (χ3n) is 9.36. The molecule has 0 bridgehead atoms. The van der Waals surface area contributed by atoms with Gasteiger partial charge < -0.3 is 0 Å². The van der Waals surface area contributed by atoms with E-state index in [9.17, 15) is 0 Å². The molecule has 7 aromatic rings. The average molecular weight is 602 g/mol. The molecule has 0 fully saturated rings. The van der Waals surface area contributed by atoms with E-state index in [1.54, 1.807) is 0 Å². The molecule has 0 amide bonds. The summed E-state index contributed by atoms with van der Waals surface area (Å²) in [7, 11) is 0. The number of fused-ring (bicyclic) bond motifs is 3. The van der Waals surface area contributed by atoms with E-state index in [-0.39, 0.29) is 5.41 Å². The highest BCUT2D eigenvalue weighted by atomic mass is 14.9. The predicted molar refractivity (Wildman–Crippen MR) is 193 cm³/mol. The molecule has 1 aliphatic carbocycles. The molecule has 3 nitrogen and oxygen atoms in total. The van der Waals surface area contributed by atoms with Gasteiger partial charge in [-0.25, -0.2) is 14.8 Å². The van der Waals surface area contributed by atoms with Gasteiger partial charge in [0, 0.05) is 22.1 Å². The van der Waals surface area contributed by atoms with Crippen molar-refractivity contribution >= 4 is 5.69 Å². The zero-order valence-electron chi connectivity index (χ0n) is 26.3. The van der Waals surface area contributed by atoms with E-state index in [0.29, 0.717) is 11.5 Å². The Labute approximate surface area is 275 Å². The van der Waals surface area contributed by atoms with Crippen LogP contribution in [0.25, 0.3) is 72.1 Å². The van der Waals surface area contributed by atoms with Crippen LogP contribution in [-0.2, 0) is 5.41 Å². The lowest BCUT2D eigenvalue weighted by atomic mass is 9.82. The third-order valence-corrected chi connectivity index (χ3v) is 9.36. The number of rotatable bonds is 5. The molecule has 8 rings (SSSR count). The minimum absolute atomic E-state index is 0.142. The van der Waals surface area contributed by atoms with Crippen LogP contribution in [0.4, 0.5) is 5.69 Å². The van der Waals surface area contributed by atoms with E-state index in [0.717, 1.165) is 50.3 Å². The van der Waals surface area contributed by atoms with Crippen LogP contribution in [0.2, 0.25) is 0 Å². The van der Waals surface area contributed by atoms with Gasteiger partial charge in [0.2, 0.25) is 0 Å². The van der Waals surface area contributed by atoms with Crippen molar-refractivity contribution in [3.63, 3.8) is 0 Å². The summed E-state index contributed by atoms with van der Waals surface area (Å²) < 4.78 is 0. The fourth-order valence-electron chi connectivity index (χ4n) is 6.81. The second kappa shape index (κ2) is 11.4. The van der Waals surface area contributed by atoms with Gasteiger partial charge in [-0.05, 0) is 56.6 Å². The summed E-state index contributed by atoms with van der Waals surface area (Å²) in [5, 5.41) is 0. The van der Waals surface area contributed by atoms with Crippen molar-refractivity contribution in [2.24, 2.45) is 0 Å². The van der Waals surface area contributed by atoms with Gasteiger partial charge in [-0.2, -0.15) is 0 Å². The van der Waals surface area contributed by atoms with Gasteiger partial charge in [-0.3, -0.25) is 0 Å². The molecule has 0 saturated heterocycles. The van der Waals surface area contributed by atoms with Crippen molar-refractivity contribution in [3.05, 3.63) is 174 Å². The maximum atomic E-state index is 7.81. The maximum absolute atomic E-state index is 7.81. The van der Waals surface area contributed by atoms with Gasteiger partial charge in [0.1, 0.15) is 0 Å². The summed E-state index contributed by atoms with van der Waals surface area (Å²) in [5.74, 6) is 0.699. The van der Waals surface area contributed by atoms with Crippen molar-refractivity contribution in [2.45, 2.75) is 19.3 Å². The first kappa shape index (κ1) is 28.4. The molecule has 6 aromatic carbocycles. The first-order valence-corrected chi connectivity index (χ1v) is 15.9. The average Bonchev–Trinajstić information content (AvgIpc) is 3.38. The summed E-state index contributed by atoms with van der Waals surface area (Å²) in [6, 6.07) is 52.6. The van der Waals surface area contributed by atoms with Crippen LogP contribution in [-0.4, -0.2) is 9.97 Å². The van der Waals surface area contributed by atoms with Crippen molar-refractivity contribution in [2.75, 3.05) is 0 Å². The van der Waals surface area contributed by atoms with Gasteiger partial charge in [0.05, 0.1) is 18.0 Å². The monoisotopic (exact) mass is 601 g/mol. The zero-order valence-corrected chi connectivity index (χ0v) is 26.3. The molecule has 1 heterocycles. The number of benzene rings is 6. The summed E-state index contributed by atoms with van der Waals surface area (Å²) in [6.07, 6.45) is 0. The van der Waals surface area contributed by atoms with E-state index in [4.69, 9.17) is 16.5 Å². The first-order chi connectivity index (χ1) is 23.0. The highest BCUT2D eigenvalue weighted by molar-refractivity contribution is 5.92. The minimum atomic E-state index is -0.142. The Kier molecular flexibility index (Phi) is 6.85. The Hall–Kier alpha value is -6.11. The van der Waals surface area contributed by atoms with E-state index >= 15 is 0 Å². The third kappa shape index (κ3) is 5.01. The van der Waals surface area contributed by atoms with Crippen LogP contribution in [0.1, 0.15) is 25.0 Å². The molecular weight excluding hydrogens is 571 g/mol. The van der Waals surface area contributed by atoms with Crippen LogP contribution in [0, 0.1) is 6.57 Å². The molecule has 0 unspecified atom stereocenters. The molecule has 0 atom stereocenters. The van der Waals surface area contributed by atoms with Gasteiger partial charge >= 0.3 is 0 Å². The van der Waals surface area contributed by atoms with Crippen molar-refractivity contribution in [1.82, 2.24) is 9.97 Å². The molecule has 0 radical (unpaired) electrons. The Balaban J connectivity index is 1.17. The van der Waals surface area contributed by atoms with Crippen molar-refractivity contribution in [1.29, 1.82) is 0 Å². The number of hydrogen-bond acceptors (Lipinski definition) is 2. The van der Waals surface area contributed by atoms with E-state index < -0.39 is 0 Å². The Morgan fingerprint density at radius 2 is 0.979 bits per heavy atom. The fourth-order valence-corrected chi connectivity index (χ4v) is 6.81. The highest BCUT2D eigenvalue weighted by Crippen LogP contribution is 2.53. The lowest BCUT2D eigenvalue weighted by Crippen LogP contribution is -2.14. The van der Waals surface area contributed by atoms with Crippen LogP contribution in [0.5, 0.6) is 0 Å². The van der Waals surface area contributed by atoms with Gasteiger partial charge in [0.15, 0.2) is 11.5 Å². The number of hydrogen-bond donors (Lipinski definition) is 0. The molecule has 222 valence electrons. The van der Waals surface area contributed by atoms with Crippen molar-refractivity contribution < 1.29 is 0 Å². The van der Waals surface area contributed by atoms with Crippen LogP contribution in [0.15, 0.2) is 152 Å². The molecule has 47 heavy (non-hydrogen) atoms. The smallest absolute Gasteiger partial charge is 0.195 e. The van der Waals surface area contributed by atoms with Gasteiger partial charge in [0.25, 0.3) is 0 Å². The Morgan fingerprint density at radius 1 is 0.468 bits per heavy atom. The molecule has 1 aromatic heterocycles. The lowest BCUT2D eigenvalue weighted by Gasteiger charge is -2.21. The summed E-state index contributed by atoms with van der Waals surface area (Å²) in [5.41, 5.74) is 14.7. The maximum Gasteiger partial charge on any atom is 0.195 e. The lowest BCUT2D eigenvalue weighted by molar-refractivity contribution is 0.660. The molecule has 3 heteroatoms. The normalized spacial score (nSPS) is 12.6. The second-order valence-electron chi connectivity index (χ2n) is 12.5. The fraction of sp³-hybridized carbons (Fsp3) is 0.0682. The molecule has 1 aliphatic rings. The van der Waals surface area contributed by atoms with E-state index in [1.807, 2.05) is 36.4 Å². The van der Waals surface area contributed by atoms with Crippen LogP contribution >= 0.6 is 0 Å². The van der Waals surface area contributed by atoms with Crippen LogP contribution in [0.3, 0.4) is 0 Å². The quantitative estimate of drug-likeness (QED) is 0.184. The van der Waals surface area contributed by atoms with Gasteiger partial charge in [-0.1, -0.05) is 153 Å². The topological polar surface area (TPSA) is 30.1 Å². The molecule has 0 saturated carbocycles. The van der Waals surface area contributed by atoms with Crippen molar-refractivity contribution in [3.8, 4) is 67.3 Å². The summed E-state index contributed by atoms with van der Waals surface area (Å²) in [6.45, 7) is 12.3. The van der Waals surface area contributed by atoms with Gasteiger partial charge in [-0.15, -0.1) is 0 Å². The number of nitrogens with zero attached hydrogens (tertiary/aromatic N) is 3. The summed E-state index contributed by atoms with van der Waals surface area (Å²) >= 11 is 0. The number of aromatic nitrogens is 2. The zero-order chi connectivity index (χ0) is 32.0. The standard InChI is InChI=1S/C44H31N3/c1-44(2)37-26-25-35(27-36(37)42-38(44)15-10-16-39(42)45-3)31-19-23-33(24-20-31)41-28-40(46-43(47-41)34-13-8-5-9-14-34)32-21-17-30(18-22-32)29-11-6-4-7-12-29/h4-28H,1-2H3. The van der Waals surface area contributed by atoms with Crippen LogP contribution < -0.4 is 0 Å². The highest BCUT2D eigenvalue weighted by Gasteiger charge is 2.36. The minimum Gasteiger partial charge on any atom is -0.238 e. The SMILES string of the molecule is [C-]#[N+]c1cccc2c1-c1cc(-c3ccc(-c4cc(-c5ccc(-c6ccccc6)cc5)nc(-c5ccccc5)n4)cc3)ccc1C2(C)C. The molecule has 0 N–H and O–H groups in total. The van der Waals surface area contributed by atoms with E-state index in [1.165, 1.54) is 22.3 Å². The largest absolute Gasteiger partial charge is 0.238 e. The Morgan fingerprint density at radius 3 is 1.57 bits per heavy atom.